The summed E-state index contributed by atoms with van der Waals surface area (Å²) in [6.07, 6.45) is -0.829. The van der Waals surface area contributed by atoms with E-state index >= 15 is 0 Å². The zero-order chi connectivity index (χ0) is 16.0. The van der Waals surface area contributed by atoms with Crippen molar-refractivity contribution in [2.45, 2.75) is 19.4 Å². The number of carbonyl (C=O) groups is 2. The molecule has 1 atom stereocenters. The third kappa shape index (κ3) is 2.65. The summed E-state index contributed by atoms with van der Waals surface area (Å²) in [7, 11) is 0. The van der Waals surface area contributed by atoms with E-state index in [9.17, 15) is 9.59 Å². The van der Waals surface area contributed by atoms with E-state index in [-0.39, 0.29) is 22.3 Å². The smallest absolute Gasteiger partial charge is 0.351 e. The Kier molecular flexibility index (Phi) is 4.21. The monoisotopic (exact) mass is 374 g/mol. The molecule has 0 saturated carbocycles. The van der Waals surface area contributed by atoms with Crippen LogP contribution in [0.5, 0.6) is 0 Å². The fourth-order valence-corrected chi connectivity index (χ4v) is 4.00. The van der Waals surface area contributed by atoms with Crippen molar-refractivity contribution < 1.29 is 14.3 Å². The van der Waals surface area contributed by atoms with Crippen LogP contribution >= 0.6 is 46.1 Å². The molecule has 0 bridgehead atoms. The molecule has 0 N–H and O–H groups in total. The van der Waals surface area contributed by atoms with Gasteiger partial charge in [-0.1, -0.05) is 34.8 Å². The van der Waals surface area contributed by atoms with Gasteiger partial charge in [0.15, 0.2) is 5.78 Å². The van der Waals surface area contributed by atoms with Gasteiger partial charge in [0.05, 0.1) is 16.3 Å². The van der Waals surface area contributed by atoms with Gasteiger partial charge in [-0.3, -0.25) is 4.79 Å². The number of Topliss-reactive ketones (excluding diaryl/α,β-unsaturated/α-hetero) is 1. The molecule has 2 heterocycles. The lowest BCUT2D eigenvalue weighted by molar-refractivity contribution is -0.138. The number of carbonyl (C=O) groups excluding carboxylic acids is 2. The highest BCUT2D eigenvalue weighted by Gasteiger charge is 2.34. The van der Waals surface area contributed by atoms with Crippen LogP contribution in [0.25, 0.3) is 10.1 Å². The van der Waals surface area contributed by atoms with Crippen molar-refractivity contribution in [2.24, 2.45) is 0 Å². The molecule has 7 heteroatoms. The Morgan fingerprint density at radius 2 is 2.05 bits per heavy atom. The Morgan fingerprint density at radius 3 is 2.68 bits per heavy atom. The molecular formula is C15H9Cl3O3S. The van der Waals surface area contributed by atoms with Crippen LogP contribution in [-0.4, -0.2) is 17.9 Å². The van der Waals surface area contributed by atoms with Crippen molar-refractivity contribution in [1.82, 2.24) is 0 Å². The third-order valence-electron chi connectivity index (χ3n) is 3.44. The van der Waals surface area contributed by atoms with Crippen LogP contribution < -0.4 is 0 Å². The average molecular weight is 376 g/mol. The topological polar surface area (TPSA) is 43.4 Å². The molecule has 1 aliphatic rings. The third-order valence-corrected chi connectivity index (χ3v) is 5.88. The number of thiophene rings is 1. The van der Waals surface area contributed by atoms with Gasteiger partial charge in [-0.2, -0.15) is 0 Å². The van der Waals surface area contributed by atoms with Crippen molar-refractivity contribution in [1.29, 1.82) is 0 Å². The molecule has 22 heavy (non-hydrogen) atoms. The number of hydrogen-bond donors (Lipinski definition) is 0. The highest BCUT2D eigenvalue weighted by Crippen LogP contribution is 2.36. The van der Waals surface area contributed by atoms with Gasteiger partial charge >= 0.3 is 5.97 Å². The maximum atomic E-state index is 12.5. The van der Waals surface area contributed by atoms with Crippen LogP contribution in [0, 0.1) is 6.92 Å². The zero-order valence-corrected chi connectivity index (χ0v) is 14.4. The molecular weight excluding hydrogens is 367 g/mol. The van der Waals surface area contributed by atoms with Gasteiger partial charge in [0.1, 0.15) is 11.1 Å². The molecule has 0 fully saturated rings. The number of aryl methyl sites for hydroxylation is 1. The summed E-state index contributed by atoms with van der Waals surface area (Å²) >= 11 is 19.0. The van der Waals surface area contributed by atoms with Crippen molar-refractivity contribution in [2.75, 3.05) is 0 Å². The summed E-state index contributed by atoms with van der Waals surface area (Å²) in [5, 5.41) is 1.50. The summed E-state index contributed by atoms with van der Waals surface area (Å²) in [6.45, 7) is 1.87. The van der Waals surface area contributed by atoms with Crippen molar-refractivity contribution in [3.8, 4) is 0 Å². The molecule has 0 unspecified atom stereocenters. The number of cyclic esters (lactones) is 1. The molecule has 3 rings (SSSR count). The van der Waals surface area contributed by atoms with Crippen LogP contribution in [0.3, 0.4) is 0 Å². The number of ketones is 1. The van der Waals surface area contributed by atoms with Crippen LogP contribution in [-0.2, 0) is 9.53 Å². The number of hydrogen-bond acceptors (Lipinski definition) is 4. The Hall–Kier alpha value is -1.07. The van der Waals surface area contributed by atoms with E-state index in [1.54, 1.807) is 6.07 Å². The summed E-state index contributed by atoms with van der Waals surface area (Å²) in [5.41, 5.74) is 0.864. The second-order valence-corrected chi connectivity index (χ2v) is 7.15. The second kappa shape index (κ2) is 5.85. The predicted molar refractivity (Wildman–Crippen MR) is 89.1 cm³/mol. The number of esters is 1. The first-order valence-electron chi connectivity index (χ1n) is 6.36. The quantitative estimate of drug-likeness (QED) is 0.557. The molecule has 0 radical (unpaired) electrons. The molecule has 0 aliphatic carbocycles. The van der Waals surface area contributed by atoms with E-state index in [1.165, 1.54) is 11.3 Å². The van der Waals surface area contributed by atoms with E-state index in [0.29, 0.717) is 9.90 Å². The van der Waals surface area contributed by atoms with Crippen molar-refractivity contribution in [3.05, 3.63) is 43.7 Å². The minimum Gasteiger partial charge on any atom is -0.452 e. The lowest BCUT2D eigenvalue weighted by Crippen LogP contribution is -2.15. The van der Waals surface area contributed by atoms with Gasteiger partial charge in [-0.15, -0.1) is 11.3 Å². The molecule has 114 valence electrons. The van der Waals surface area contributed by atoms with Gasteiger partial charge in [-0.25, -0.2) is 4.79 Å². The van der Waals surface area contributed by atoms with E-state index in [0.717, 1.165) is 15.6 Å². The largest absolute Gasteiger partial charge is 0.452 e. The van der Waals surface area contributed by atoms with Gasteiger partial charge in [-0.05, 0) is 36.1 Å². The SMILES string of the molecule is Cc1c(C(=O)C[C@@H]2OC(=O)C(Cl)=C2Cl)sc2ccc(Cl)cc12. The Bertz CT molecular complexity index is 838. The fourth-order valence-electron chi connectivity index (χ4n) is 2.32. The molecule has 2 aromatic rings. The van der Waals surface area contributed by atoms with E-state index in [2.05, 4.69) is 0 Å². The molecule has 1 aliphatic heterocycles. The maximum Gasteiger partial charge on any atom is 0.351 e. The van der Waals surface area contributed by atoms with Crippen LogP contribution in [0.15, 0.2) is 28.3 Å². The number of halogens is 3. The summed E-state index contributed by atoms with van der Waals surface area (Å²) in [5.74, 6) is -0.832. The van der Waals surface area contributed by atoms with Crippen LogP contribution in [0.1, 0.15) is 21.7 Å². The first-order valence-corrected chi connectivity index (χ1v) is 8.31. The Balaban J connectivity index is 1.90. The molecule has 0 amide bonds. The van der Waals surface area contributed by atoms with E-state index < -0.39 is 12.1 Å². The first-order chi connectivity index (χ1) is 10.4. The number of fused-ring (bicyclic) bond motifs is 1. The minimum absolute atomic E-state index is 0.0256. The van der Waals surface area contributed by atoms with Gasteiger partial charge < -0.3 is 4.74 Å². The summed E-state index contributed by atoms with van der Waals surface area (Å²) in [4.78, 5) is 24.4. The minimum atomic E-state index is -0.803. The van der Waals surface area contributed by atoms with E-state index in [1.807, 2.05) is 19.1 Å². The van der Waals surface area contributed by atoms with Gasteiger partial charge in [0.2, 0.25) is 0 Å². The molecule has 0 saturated heterocycles. The van der Waals surface area contributed by atoms with Crippen LogP contribution in [0.2, 0.25) is 5.02 Å². The standard InChI is InChI=1S/C15H9Cl3O3S/c1-6-8-4-7(16)2-3-11(8)22-14(6)9(19)5-10-12(17)13(18)15(20)21-10/h2-4,10H,5H2,1H3/t10-/m0/s1. The number of rotatable bonds is 3. The highest BCUT2D eigenvalue weighted by atomic mass is 35.5. The van der Waals surface area contributed by atoms with Crippen molar-refractivity contribution >= 4 is 68.0 Å². The number of ether oxygens (including phenoxy) is 1. The molecule has 1 aromatic carbocycles. The predicted octanol–water partition coefficient (Wildman–Crippen LogP) is 5.05. The summed E-state index contributed by atoms with van der Waals surface area (Å²) < 4.78 is 5.98. The Morgan fingerprint density at radius 1 is 1.32 bits per heavy atom. The first kappa shape index (κ1) is 15.8. The fraction of sp³-hybridized carbons (Fsp3) is 0.200. The van der Waals surface area contributed by atoms with E-state index in [4.69, 9.17) is 39.5 Å². The van der Waals surface area contributed by atoms with Gasteiger partial charge in [0, 0.05) is 9.72 Å². The Labute approximate surface area is 145 Å². The summed E-state index contributed by atoms with van der Waals surface area (Å²) in [6, 6.07) is 5.50. The molecule has 3 nitrogen and oxygen atoms in total. The second-order valence-electron chi connectivity index (χ2n) is 4.88. The number of benzene rings is 1. The lowest BCUT2D eigenvalue weighted by atomic mass is 10.1. The average Bonchev–Trinajstić information content (AvgIpc) is 2.92. The normalized spacial score (nSPS) is 18.2. The molecule has 0 spiro atoms. The lowest BCUT2D eigenvalue weighted by Gasteiger charge is -2.08. The van der Waals surface area contributed by atoms with Crippen molar-refractivity contribution in [3.63, 3.8) is 0 Å². The highest BCUT2D eigenvalue weighted by molar-refractivity contribution is 7.21. The molecule has 1 aromatic heterocycles. The zero-order valence-electron chi connectivity index (χ0n) is 11.3. The van der Waals surface area contributed by atoms with Gasteiger partial charge in [0.25, 0.3) is 0 Å². The maximum absolute atomic E-state index is 12.5. The van der Waals surface area contributed by atoms with Crippen LogP contribution in [0.4, 0.5) is 0 Å².